The number of carbonyl (C=O) groups excluding carboxylic acids is 1. The quantitative estimate of drug-likeness (QED) is 0.270. The van der Waals surface area contributed by atoms with Crippen LogP contribution in [0, 0.1) is 11.2 Å². The number of piperidine rings is 1. The molecule has 0 radical (unpaired) electrons. The van der Waals surface area contributed by atoms with Crippen LogP contribution in [0.4, 0.5) is 4.39 Å². The molecule has 9 nitrogen and oxygen atoms in total. The zero-order valence-corrected chi connectivity index (χ0v) is 21.7. The molecule has 1 fully saturated rings. The molecule has 0 saturated carbocycles. The molecule has 2 heterocycles. The van der Waals surface area contributed by atoms with E-state index in [0.717, 1.165) is 16.7 Å². The van der Waals surface area contributed by atoms with E-state index in [9.17, 15) is 19.1 Å². The van der Waals surface area contributed by atoms with Crippen molar-refractivity contribution in [2.45, 2.75) is 19.4 Å². The number of carboxylic acids is 1. The minimum absolute atomic E-state index is 0.0310. The van der Waals surface area contributed by atoms with Crippen molar-refractivity contribution in [1.29, 1.82) is 0 Å². The summed E-state index contributed by atoms with van der Waals surface area (Å²) in [5, 5.41) is 25.3. The van der Waals surface area contributed by atoms with E-state index in [2.05, 4.69) is 20.4 Å². The number of nitrogens with one attached hydrogen (secondary N) is 1. The Morgan fingerprint density at radius 2 is 1.68 bits per heavy atom. The largest absolute Gasteiger partial charge is 0.480 e. The van der Waals surface area contributed by atoms with Crippen LogP contribution in [0.3, 0.4) is 0 Å². The lowest BCUT2D eigenvalue weighted by Gasteiger charge is -2.37. The minimum atomic E-state index is -1.48. The molecule has 4 aromatic rings. The van der Waals surface area contributed by atoms with Crippen molar-refractivity contribution in [2.75, 3.05) is 26.2 Å². The Kier molecular flexibility index (Phi) is 7.99. The summed E-state index contributed by atoms with van der Waals surface area (Å²) >= 11 is 0. The maximum absolute atomic E-state index is 14.8. The topological polar surface area (TPSA) is 129 Å². The SMILES string of the molecule is O=C(O)C1(C(=O)NCCO)CCN(Cc2ccc(-c3noc(-c4ccc(-c5ccccc5)c(F)c4)n3)cc2)CC1. The molecule has 40 heavy (non-hydrogen) atoms. The zero-order valence-electron chi connectivity index (χ0n) is 21.7. The van der Waals surface area contributed by atoms with Gasteiger partial charge in [0.2, 0.25) is 11.7 Å². The molecule has 5 rings (SSSR count). The molecule has 1 aliphatic rings. The molecule has 3 aromatic carbocycles. The van der Waals surface area contributed by atoms with Gasteiger partial charge in [0.1, 0.15) is 11.2 Å². The van der Waals surface area contributed by atoms with Crippen LogP contribution in [0.1, 0.15) is 18.4 Å². The van der Waals surface area contributed by atoms with E-state index < -0.39 is 17.3 Å². The second-order valence-electron chi connectivity index (χ2n) is 9.82. The zero-order chi connectivity index (χ0) is 28.1. The normalized spacial score (nSPS) is 15.1. The van der Waals surface area contributed by atoms with Crippen molar-refractivity contribution in [3.05, 3.63) is 84.2 Å². The van der Waals surface area contributed by atoms with Crippen molar-refractivity contribution in [1.82, 2.24) is 20.4 Å². The highest BCUT2D eigenvalue weighted by atomic mass is 19.1. The molecular formula is C30H29FN4O5. The number of nitrogens with zero attached hydrogens (tertiary/aromatic N) is 3. The number of rotatable bonds is 9. The smallest absolute Gasteiger partial charge is 0.319 e. The van der Waals surface area contributed by atoms with E-state index in [4.69, 9.17) is 9.63 Å². The van der Waals surface area contributed by atoms with Gasteiger partial charge in [-0.25, -0.2) is 4.39 Å². The lowest BCUT2D eigenvalue weighted by Crippen LogP contribution is -2.53. The van der Waals surface area contributed by atoms with Gasteiger partial charge in [0.25, 0.3) is 5.89 Å². The number of hydrogen-bond acceptors (Lipinski definition) is 7. The van der Waals surface area contributed by atoms with Gasteiger partial charge < -0.3 is 20.1 Å². The number of carbonyl (C=O) groups is 2. The first-order valence-corrected chi connectivity index (χ1v) is 13.0. The third-order valence-corrected chi connectivity index (χ3v) is 7.30. The molecule has 1 saturated heterocycles. The number of hydrogen-bond donors (Lipinski definition) is 3. The number of likely N-dealkylation sites (tertiary alicyclic amines) is 1. The number of benzene rings is 3. The molecule has 10 heteroatoms. The monoisotopic (exact) mass is 544 g/mol. The van der Waals surface area contributed by atoms with Crippen LogP contribution >= 0.6 is 0 Å². The summed E-state index contributed by atoms with van der Waals surface area (Å²) in [6, 6.07) is 21.7. The molecule has 1 aliphatic heterocycles. The molecular weight excluding hydrogens is 515 g/mol. The molecule has 0 spiro atoms. The lowest BCUT2D eigenvalue weighted by atomic mass is 9.77. The average molecular weight is 545 g/mol. The molecule has 0 unspecified atom stereocenters. The molecule has 1 aromatic heterocycles. The highest BCUT2D eigenvalue weighted by molar-refractivity contribution is 6.02. The summed E-state index contributed by atoms with van der Waals surface area (Å²) in [7, 11) is 0. The second kappa shape index (κ2) is 11.8. The minimum Gasteiger partial charge on any atom is -0.480 e. The van der Waals surface area contributed by atoms with Crippen LogP contribution in [0.5, 0.6) is 0 Å². The Bertz CT molecular complexity index is 1480. The van der Waals surface area contributed by atoms with Gasteiger partial charge in [-0.2, -0.15) is 4.98 Å². The molecule has 206 valence electrons. The van der Waals surface area contributed by atoms with Gasteiger partial charge in [-0.3, -0.25) is 14.5 Å². The third kappa shape index (κ3) is 5.63. The summed E-state index contributed by atoms with van der Waals surface area (Å²) in [6.45, 7) is 1.29. The summed E-state index contributed by atoms with van der Waals surface area (Å²) < 4.78 is 20.2. The van der Waals surface area contributed by atoms with Gasteiger partial charge in [-0.15, -0.1) is 0 Å². The Morgan fingerprint density at radius 1 is 0.975 bits per heavy atom. The number of aliphatic carboxylic acids is 1. The Labute approximate surface area is 230 Å². The fraction of sp³-hybridized carbons (Fsp3) is 0.267. The van der Waals surface area contributed by atoms with Crippen molar-refractivity contribution < 1.29 is 28.7 Å². The summed E-state index contributed by atoms with van der Waals surface area (Å²) in [5.41, 5.74) is 2.04. The molecule has 1 amide bonds. The molecule has 0 aliphatic carbocycles. The first-order valence-electron chi connectivity index (χ1n) is 13.0. The van der Waals surface area contributed by atoms with Crippen LogP contribution in [0.25, 0.3) is 34.0 Å². The van der Waals surface area contributed by atoms with Crippen molar-refractivity contribution >= 4 is 11.9 Å². The van der Waals surface area contributed by atoms with E-state index in [1.165, 1.54) is 6.07 Å². The maximum Gasteiger partial charge on any atom is 0.319 e. The fourth-order valence-corrected chi connectivity index (χ4v) is 4.94. The highest BCUT2D eigenvalue weighted by Crippen LogP contribution is 2.33. The number of aromatic nitrogens is 2. The van der Waals surface area contributed by atoms with Gasteiger partial charge in [0.05, 0.1) is 6.61 Å². The lowest BCUT2D eigenvalue weighted by molar-refractivity contribution is -0.159. The van der Waals surface area contributed by atoms with Crippen LogP contribution in [0.15, 0.2) is 77.3 Å². The summed E-state index contributed by atoms with van der Waals surface area (Å²) in [5.74, 6) is -1.46. The first kappa shape index (κ1) is 27.2. The number of halogens is 1. The van der Waals surface area contributed by atoms with Gasteiger partial charge in [0, 0.05) is 42.9 Å². The van der Waals surface area contributed by atoms with Gasteiger partial charge in [-0.1, -0.05) is 65.8 Å². The number of amides is 1. The fourth-order valence-electron chi connectivity index (χ4n) is 4.94. The first-order chi connectivity index (χ1) is 19.4. The Morgan fingerprint density at radius 3 is 2.33 bits per heavy atom. The number of aliphatic hydroxyl groups is 1. The molecule has 0 bridgehead atoms. The van der Waals surface area contributed by atoms with E-state index >= 15 is 0 Å². The van der Waals surface area contributed by atoms with Crippen molar-refractivity contribution in [2.24, 2.45) is 5.41 Å². The molecule has 3 N–H and O–H groups in total. The number of carboxylic acid groups (broad SMARTS) is 1. The summed E-state index contributed by atoms with van der Waals surface area (Å²) in [6.07, 6.45) is 0.381. The predicted octanol–water partition coefficient (Wildman–Crippen LogP) is 3.99. The molecule has 0 atom stereocenters. The number of aliphatic hydroxyl groups excluding tert-OH is 1. The standard InChI is InChI=1S/C30H29FN4O5/c31-25-18-23(10-11-24(25)21-4-2-1-3-5-21)27-33-26(34-40-27)22-8-6-20(7-9-22)19-35-15-12-30(13-16-35,29(38)39)28(37)32-14-17-36/h1-11,18,36H,12-17,19H2,(H,32,37)(H,38,39). The van der Waals surface area contributed by atoms with Crippen LogP contribution in [-0.2, 0) is 16.1 Å². The van der Waals surface area contributed by atoms with Crippen molar-refractivity contribution in [3.8, 4) is 34.0 Å². The van der Waals surface area contributed by atoms with E-state index in [1.54, 1.807) is 12.1 Å². The summed E-state index contributed by atoms with van der Waals surface area (Å²) in [4.78, 5) is 31.0. The van der Waals surface area contributed by atoms with Crippen LogP contribution in [-0.4, -0.2) is 63.4 Å². The van der Waals surface area contributed by atoms with Gasteiger partial charge in [0.15, 0.2) is 0 Å². The maximum atomic E-state index is 14.8. The third-order valence-electron chi connectivity index (χ3n) is 7.30. The van der Waals surface area contributed by atoms with E-state index in [1.807, 2.05) is 54.6 Å². The van der Waals surface area contributed by atoms with E-state index in [0.29, 0.717) is 36.6 Å². The van der Waals surface area contributed by atoms with Crippen LogP contribution < -0.4 is 5.32 Å². The van der Waals surface area contributed by atoms with Gasteiger partial charge in [-0.05, 0) is 36.1 Å². The van der Waals surface area contributed by atoms with Gasteiger partial charge >= 0.3 is 5.97 Å². The Balaban J connectivity index is 1.22. The highest BCUT2D eigenvalue weighted by Gasteiger charge is 2.48. The van der Waals surface area contributed by atoms with Crippen molar-refractivity contribution in [3.63, 3.8) is 0 Å². The Hall–Kier alpha value is -4.41. The van der Waals surface area contributed by atoms with E-state index in [-0.39, 0.29) is 37.7 Å². The predicted molar refractivity (Wildman–Crippen MR) is 145 cm³/mol. The van der Waals surface area contributed by atoms with Crippen LogP contribution in [0.2, 0.25) is 0 Å². The average Bonchev–Trinajstić information content (AvgIpc) is 3.47. The second-order valence-corrected chi connectivity index (χ2v) is 9.82.